The second-order valence-electron chi connectivity index (χ2n) is 4.28. The monoisotopic (exact) mass is 293 g/mol. The van der Waals surface area contributed by atoms with E-state index in [0.717, 1.165) is 11.1 Å². The van der Waals surface area contributed by atoms with E-state index in [1.54, 1.807) is 12.1 Å². The number of alkyl halides is 1. The molecule has 0 bridgehead atoms. The van der Waals surface area contributed by atoms with Gasteiger partial charge in [0, 0.05) is 23.6 Å². The lowest BCUT2D eigenvalue weighted by molar-refractivity contribution is 0.591. The van der Waals surface area contributed by atoms with Crippen LogP contribution in [-0.2, 0) is 10.0 Å². The van der Waals surface area contributed by atoms with Crippen LogP contribution in [0, 0.1) is 0 Å². The largest absolute Gasteiger partial charge is 0.264 e. The van der Waals surface area contributed by atoms with Gasteiger partial charge < -0.3 is 0 Å². The number of hydrogen-bond acceptors (Lipinski definition) is 2. The summed E-state index contributed by atoms with van der Waals surface area (Å²) in [6.07, 6.45) is 0. The zero-order valence-electron chi connectivity index (χ0n) is 10.1. The highest BCUT2D eigenvalue weighted by atomic mass is 35.5. The maximum absolute atomic E-state index is 12.6. The van der Waals surface area contributed by atoms with Crippen molar-refractivity contribution in [2.24, 2.45) is 0 Å². The molecule has 5 heteroatoms. The summed E-state index contributed by atoms with van der Waals surface area (Å²) < 4.78 is 26.6. The molecule has 2 aromatic rings. The highest BCUT2D eigenvalue weighted by Crippen LogP contribution is 2.42. The van der Waals surface area contributed by atoms with Crippen molar-refractivity contribution in [1.82, 2.24) is 0 Å². The third-order valence-electron chi connectivity index (χ3n) is 3.21. The van der Waals surface area contributed by atoms with Crippen LogP contribution in [-0.4, -0.2) is 20.8 Å². The molecule has 0 amide bonds. The summed E-state index contributed by atoms with van der Waals surface area (Å²) in [6.45, 7) is 0.273. The molecule has 3 nitrogen and oxygen atoms in total. The molecule has 1 aliphatic rings. The zero-order chi connectivity index (χ0) is 13.5. The van der Waals surface area contributed by atoms with Gasteiger partial charge in [-0.15, -0.1) is 11.6 Å². The van der Waals surface area contributed by atoms with Crippen molar-refractivity contribution in [3.8, 4) is 11.1 Å². The smallest absolute Gasteiger partial charge is 0.264 e. The first-order chi connectivity index (χ1) is 9.16. The number of hydrogen-bond donors (Lipinski definition) is 0. The fourth-order valence-electron chi connectivity index (χ4n) is 2.40. The van der Waals surface area contributed by atoms with E-state index in [4.69, 9.17) is 11.6 Å². The second-order valence-corrected chi connectivity index (χ2v) is 6.49. The van der Waals surface area contributed by atoms with Crippen LogP contribution in [0.25, 0.3) is 11.1 Å². The van der Waals surface area contributed by atoms with Crippen molar-refractivity contribution in [3.05, 3.63) is 48.5 Å². The van der Waals surface area contributed by atoms with Gasteiger partial charge in [-0.05, 0) is 12.1 Å². The summed E-state index contributed by atoms with van der Waals surface area (Å²) in [5, 5.41) is 0. The van der Waals surface area contributed by atoms with E-state index in [2.05, 4.69) is 0 Å². The number of anilines is 1. The molecule has 0 unspecified atom stereocenters. The summed E-state index contributed by atoms with van der Waals surface area (Å²) in [4.78, 5) is 0.346. The first-order valence-electron chi connectivity index (χ1n) is 5.93. The number of para-hydroxylation sites is 1. The summed E-state index contributed by atoms with van der Waals surface area (Å²) in [7, 11) is -3.51. The van der Waals surface area contributed by atoms with E-state index in [-0.39, 0.29) is 12.4 Å². The van der Waals surface area contributed by atoms with Gasteiger partial charge in [0.25, 0.3) is 10.0 Å². The van der Waals surface area contributed by atoms with Gasteiger partial charge in [-0.2, -0.15) is 0 Å². The standard InChI is InChI=1S/C14H12ClNO2S/c15-9-10-16-13-7-3-1-5-11(13)12-6-2-4-8-14(12)19(16,17)18/h1-8H,9-10H2. The molecule has 98 valence electrons. The van der Waals surface area contributed by atoms with Gasteiger partial charge in [0.2, 0.25) is 0 Å². The van der Waals surface area contributed by atoms with Crippen LogP contribution in [0.5, 0.6) is 0 Å². The third-order valence-corrected chi connectivity index (χ3v) is 5.25. The number of benzene rings is 2. The van der Waals surface area contributed by atoms with Gasteiger partial charge in [0.1, 0.15) is 0 Å². The van der Waals surface area contributed by atoms with E-state index in [0.29, 0.717) is 10.6 Å². The molecule has 1 aliphatic heterocycles. The summed E-state index contributed by atoms with van der Waals surface area (Å²) in [5.74, 6) is 0.260. The van der Waals surface area contributed by atoms with E-state index >= 15 is 0 Å². The SMILES string of the molecule is O=S1(=O)c2ccccc2-c2ccccc2N1CCCl. The molecular weight excluding hydrogens is 282 g/mol. The summed E-state index contributed by atoms with van der Waals surface area (Å²) in [6, 6.07) is 14.6. The van der Waals surface area contributed by atoms with Crippen molar-refractivity contribution in [2.45, 2.75) is 4.90 Å². The lowest BCUT2D eigenvalue weighted by Crippen LogP contribution is -2.35. The average molecular weight is 294 g/mol. The van der Waals surface area contributed by atoms with Crippen LogP contribution in [0.15, 0.2) is 53.4 Å². The van der Waals surface area contributed by atoms with Crippen LogP contribution in [0.3, 0.4) is 0 Å². The number of fused-ring (bicyclic) bond motifs is 3. The van der Waals surface area contributed by atoms with E-state index in [1.807, 2.05) is 36.4 Å². The molecule has 19 heavy (non-hydrogen) atoms. The first kappa shape index (κ1) is 12.5. The molecule has 0 saturated carbocycles. The normalized spacial score (nSPS) is 15.7. The van der Waals surface area contributed by atoms with Gasteiger partial charge >= 0.3 is 0 Å². The Bertz CT molecular complexity index is 728. The van der Waals surface area contributed by atoms with Crippen molar-refractivity contribution < 1.29 is 8.42 Å². The number of nitrogens with zero attached hydrogens (tertiary/aromatic N) is 1. The highest BCUT2D eigenvalue weighted by Gasteiger charge is 2.33. The Morgan fingerprint density at radius 1 is 0.947 bits per heavy atom. The number of sulfonamides is 1. The van der Waals surface area contributed by atoms with E-state index in [9.17, 15) is 8.42 Å². The molecule has 0 aliphatic carbocycles. The molecular formula is C14H12ClNO2S. The molecule has 0 aromatic heterocycles. The topological polar surface area (TPSA) is 37.4 Å². The molecule has 0 radical (unpaired) electrons. The maximum atomic E-state index is 12.6. The Hall–Kier alpha value is -1.52. The Balaban J connectivity index is 2.35. The minimum absolute atomic E-state index is 0.260. The van der Waals surface area contributed by atoms with Gasteiger partial charge in [0.15, 0.2) is 0 Å². The summed E-state index contributed by atoms with van der Waals surface area (Å²) in [5.41, 5.74) is 2.38. The molecule has 0 saturated heterocycles. The summed E-state index contributed by atoms with van der Waals surface area (Å²) >= 11 is 5.75. The lowest BCUT2D eigenvalue weighted by Gasteiger charge is -2.31. The minimum atomic E-state index is -3.51. The molecule has 0 fully saturated rings. The molecule has 2 aromatic carbocycles. The van der Waals surface area contributed by atoms with Crippen LogP contribution in [0.2, 0.25) is 0 Å². The van der Waals surface area contributed by atoms with Crippen molar-refractivity contribution in [3.63, 3.8) is 0 Å². The van der Waals surface area contributed by atoms with E-state index < -0.39 is 10.0 Å². The molecule has 0 atom stereocenters. The van der Waals surface area contributed by atoms with Crippen molar-refractivity contribution in [2.75, 3.05) is 16.7 Å². The van der Waals surface area contributed by atoms with Gasteiger partial charge in [-0.1, -0.05) is 36.4 Å². The number of halogens is 1. The third kappa shape index (κ3) is 1.83. The highest BCUT2D eigenvalue weighted by molar-refractivity contribution is 7.93. The Morgan fingerprint density at radius 2 is 1.58 bits per heavy atom. The average Bonchev–Trinajstić information content (AvgIpc) is 2.44. The predicted molar refractivity (Wildman–Crippen MR) is 77.1 cm³/mol. The first-order valence-corrected chi connectivity index (χ1v) is 7.91. The molecule has 0 N–H and O–H groups in total. The van der Waals surface area contributed by atoms with Crippen molar-refractivity contribution in [1.29, 1.82) is 0 Å². The van der Waals surface area contributed by atoms with Gasteiger partial charge in [-0.3, -0.25) is 4.31 Å². The predicted octanol–water partition coefficient (Wildman–Crippen LogP) is 3.10. The van der Waals surface area contributed by atoms with Crippen LogP contribution >= 0.6 is 11.6 Å². The lowest BCUT2D eigenvalue weighted by atomic mass is 10.0. The van der Waals surface area contributed by atoms with Crippen LogP contribution in [0.1, 0.15) is 0 Å². The Morgan fingerprint density at radius 3 is 2.32 bits per heavy atom. The van der Waals surface area contributed by atoms with E-state index in [1.165, 1.54) is 4.31 Å². The maximum Gasteiger partial charge on any atom is 0.264 e. The Labute approximate surface area is 117 Å². The van der Waals surface area contributed by atoms with Gasteiger partial charge in [0.05, 0.1) is 10.6 Å². The molecule has 0 spiro atoms. The van der Waals surface area contributed by atoms with Crippen molar-refractivity contribution >= 4 is 27.3 Å². The quantitative estimate of drug-likeness (QED) is 0.798. The van der Waals surface area contributed by atoms with Gasteiger partial charge in [-0.25, -0.2) is 8.42 Å². The molecule has 1 heterocycles. The van der Waals surface area contributed by atoms with Crippen LogP contribution < -0.4 is 4.31 Å². The fraction of sp³-hybridized carbons (Fsp3) is 0.143. The second kappa shape index (κ2) is 4.54. The molecule has 3 rings (SSSR count). The fourth-order valence-corrected chi connectivity index (χ4v) is 4.36. The Kier molecular flexibility index (Phi) is 2.99. The zero-order valence-corrected chi connectivity index (χ0v) is 11.7. The number of rotatable bonds is 2. The minimum Gasteiger partial charge on any atom is -0.264 e. The van der Waals surface area contributed by atoms with Crippen LogP contribution in [0.4, 0.5) is 5.69 Å².